The second kappa shape index (κ2) is 14.3. The zero-order chi connectivity index (χ0) is 25.8. The van der Waals surface area contributed by atoms with Crippen LogP contribution in [0.4, 0.5) is 5.69 Å². The van der Waals surface area contributed by atoms with E-state index >= 15 is 0 Å². The maximum atomic E-state index is 11.7. The number of hydrogen-bond acceptors (Lipinski definition) is 5. The van der Waals surface area contributed by atoms with Crippen LogP contribution in [0.5, 0.6) is 11.5 Å². The van der Waals surface area contributed by atoms with Gasteiger partial charge < -0.3 is 19.5 Å². The summed E-state index contributed by atoms with van der Waals surface area (Å²) in [4.78, 5) is 17.8. The Morgan fingerprint density at radius 2 is 1.72 bits per heavy atom. The molecule has 1 aliphatic rings. The number of aliphatic carboxylic acids is 1. The molecular weight excluding hydrogens is 452 g/mol. The van der Waals surface area contributed by atoms with E-state index in [4.69, 9.17) is 9.47 Å². The number of aliphatic imine (C=N–C) groups is 1. The standard InChI is InChI=1S/C30H40N2O4/c1-4-6-7-8-9-12-19-35-25-17-15-24(16-18-25)28-20-31-26(30(33)34)21-32(28)27-13-10-11-14-29(27)36-22-23(3)5-2/h10-11,13-18,20-21,23,28H,4-9,12,19,22H2,1-3H3,(H,33,34). The number of ether oxygens (including phenoxy) is 2. The summed E-state index contributed by atoms with van der Waals surface area (Å²) in [5.41, 5.74) is 1.78. The molecule has 1 heterocycles. The normalized spacial score (nSPS) is 15.9. The monoisotopic (exact) mass is 492 g/mol. The Bertz CT molecular complexity index is 1020. The highest BCUT2D eigenvalue weighted by Crippen LogP contribution is 2.37. The predicted molar refractivity (Wildman–Crippen MR) is 146 cm³/mol. The lowest BCUT2D eigenvalue weighted by Gasteiger charge is -2.32. The third-order valence-corrected chi connectivity index (χ3v) is 6.49. The van der Waals surface area contributed by atoms with Gasteiger partial charge in [-0.2, -0.15) is 0 Å². The van der Waals surface area contributed by atoms with E-state index in [0.29, 0.717) is 19.1 Å². The molecule has 0 spiro atoms. The number of anilines is 1. The lowest BCUT2D eigenvalue weighted by atomic mass is 10.0. The Balaban J connectivity index is 1.73. The first kappa shape index (κ1) is 27.3. The zero-order valence-corrected chi connectivity index (χ0v) is 21.9. The van der Waals surface area contributed by atoms with Crippen molar-refractivity contribution in [2.75, 3.05) is 18.1 Å². The van der Waals surface area contributed by atoms with Crippen LogP contribution >= 0.6 is 0 Å². The minimum atomic E-state index is -1.06. The largest absolute Gasteiger partial charge is 0.494 e. The number of unbranched alkanes of at least 4 members (excludes halogenated alkanes) is 5. The molecule has 0 aliphatic carbocycles. The van der Waals surface area contributed by atoms with Crippen molar-refractivity contribution in [1.82, 2.24) is 0 Å². The van der Waals surface area contributed by atoms with Crippen molar-refractivity contribution in [1.29, 1.82) is 0 Å². The molecular formula is C30H40N2O4. The quantitative estimate of drug-likeness (QED) is 0.262. The first-order valence-electron chi connectivity index (χ1n) is 13.3. The van der Waals surface area contributed by atoms with Gasteiger partial charge in [-0.15, -0.1) is 0 Å². The molecule has 2 aromatic rings. The van der Waals surface area contributed by atoms with Gasteiger partial charge in [0.1, 0.15) is 11.5 Å². The lowest BCUT2D eigenvalue weighted by Crippen LogP contribution is -2.29. The Labute approximate surface area is 215 Å². The highest BCUT2D eigenvalue weighted by molar-refractivity contribution is 5.92. The number of rotatable bonds is 15. The van der Waals surface area contributed by atoms with Crippen LogP contribution in [-0.2, 0) is 4.79 Å². The Morgan fingerprint density at radius 1 is 1.00 bits per heavy atom. The number of carboxylic acid groups (broad SMARTS) is 1. The summed E-state index contributed by atoms with van der Waals surface area (Å²) in [5, 5.41) is 9.58. The summed E-state index contributed by atoms with van der Waals surface area (Å²) >= 11 is 0. The number of nitrogens with zero attached hydrogens (tertiary/aromatic N) is 2. The molecule has 6 nitrogen and oxygen atoms in total. The summed E-state index contributed by atoms with van der Waals surface area (Å²) in [7, 11) is 0. The number of hydrogen-bond donors (Lipinski definition) is 1. The number of carbonyl (C=O) groups is 1. The molecule has 2 unspecified atom stereocenters. The summed E-state index contributed by atoms with van der Waals surface area (Å²) in [6, 6.07) is 15.4. The van der Waals surface area contributed by atoms with Crippen LogP contribution in [0.1, 0.15) is 77.3 Å². The maximum absolute atomic E-state index is 11.7. The fourth-order valence-electron chi connectivity index (χ4n) is 4.02. The van der Waals surface area contributed by atoms with Gasteiger partial charge in [0.2, 0.25) is 0 Å². The predicted octanol–water partition coefficient (Wildman–Crippen LogP) is 7.41. The van der Waals surface area contributed by atoms with E-state index in [0.717, 1.165) is 35.6 Å². The van der Waals surface area contributed by atoms with Crippen LogP contribution in [-0.4, -0.2) is 30.5 Å². The molecule has 36 heavy (non-hydrogen) atoms. The molecule has 0 aromatic heterocycles. The van der Waals surface area contributed by atoms with E-state index in [-0.39, 0.29) is 11.7 Å². The average Bonchev–Trinajstić information content (AvgIpc) is 2.91. The maximum Gasteiger partial charge on any atom is 0.356 e. The van der Waals surface area contributed by atoms with E-state index < -0.39 is 5.97 Å². The Kier molecular flexibility index (Phi) is 10.9. The Morgan fingerprint density at radius 3 is 2.44 bits per heavy atom. The molecule has 0 radical (unpaired) electrons. The molecule has 0 saturated carbocycles. The number of benzene rings is 2. The van der Waals surface area contributed by atoms with Crippen molar-refractivity contribution < 1.29 is 19.4 Å². The Hall–Kier alpha value is -3.28. The van der Waals surface area contributed by atoms with Gasteiger partial charge in [-0.25, -0.2) is 9.79 Å². The molecule has 1 aliphatic heterocycles. The first-order valence-corrected chi connectivity index (χ1v) is 13.3. The second-order valence-electron chi connectivity index (χ2n) is 9.43. The van der Waals surface area contributed by atoms with Crippen molar-refractivity contribution >= 4 is 17.9 Å². The summed E-state index contributed by atoms with van der Waals surface area (Å²) in [6.45, 7) is 7.83. The fourth-order valence-corrected chi connectivity index (χ4v) is 4.02. The molecule has 1 N–H and O–H groups in total. The van der Waals surface area contributed by atoms with Crippen molar-refractivity contribution in [3.8, 4) is 11.5 Å². The molecule has 0 saturated heterocycles. The van der Waals surface area contributed by atoms with E-state index in [2.05, 4.69) is 25.8 Å². The van der Waals surface area contributed by atoms with Crippen molar-refractivity contribution in [3.63, 3.8) is 0 Å². The minimum absolute atomic E-state index is 0.0122. The van der Waals surface area contributed by atoms with Gasteiger partial charge in [-0.05, 0) is 42.2 Å². The first-order chi connectivity index (χ1) is 17.5. The molecule has 194 valence electrons. The number of carboxylic acids is 1. The van der Waals surface area contributed by atoms with E-state index in [1.165, 1.54) is 32.1 Å². The van der Waals surface area contributed by atoms with Gasteiger partial charge in [0.25, 0.3) is 0 Å². The third kappa shape index (κ3) is 7.87. The van der Waals surface area contributed by atoms with Crippen molar-refractivity contribution in [2.24, 2.45) is 10.9 Å². The van der Waals surface area contributed by atoms with E-state index in [9.17, 15) is 9.90 Å². The SMILES string of the molecule is CCCCCCCCOc1ccc(C2C=NC(C(=O)O)=CN2c2ccccc2OCC(C)CC)cc1. The van der Waals surface area contributed by atoms with Gasteiger partial charge >= 0.3 is 5.97 Å². The average molecular weight is 493 g/mol. The topological polar surface area (TPSA) is 71.4 Å². The van der Waals surface area contributed by atoms with Crippen LogP contribution in [0.2, 0.25) is 0 Å². The number of para-hydroxylation sites is 2. The van der Waals surface area contributed by atoms with Gasteiger partial charge in [0.05, 0.1) is 24.9 Å². The fraction of sp³-hybridized carbons (Fsp3) is 0.467. The summed E-state index contributed by atoms with van der Waals surface area (Å²) in [5.74, 6) is 0.917. The highest BCUT2D eigenvalue weighted by atomic mass is 16.5. The van der Waals surface area contributed by atoms with Gasteiger partial charge in [-0.3, -0.25) is 0 Å². The van der Waals surface area contributed by atoms with Crippen LogP contribution < -0.4 is 14.4 Å². The summed E-state index contributed by atoms with van der Waals surface area (Å²) in [6.07, 6.45) is 11.7. The zero-order valence-electron chi connectivity index (χ0n) is 21.9. The molecule has 0 fully saturated rings. The van der Waals surface area contributed by atoms with E-state index in [1.54, 1.807) is 12.4 Å². The second-order valence-corrected chi connectivity index (χ2v) is 9.43. The lowest BCUT2D eigenvalue weighted by molar-refractivity contribution is -0.132. The van der Waals surface area contributed by atoms with Crippen LogP contribution in [0.15, 0.2) is 65.4 Å². The van der Waals surface area contributed by atoms with Gasteiger partial charge in [-0.1, -0.05) is 83.6 Å². The molecule has 3 rings (SSSR count). The van der Waals surface area contributed by atoms with Gasteiger partial charge in [0, 0.05) is 12.4 Å². The molecule has 6 heteroatoms. The van der Waals surface area contributed by atoms with Crippen molar-refractivity contribution in [3.05, 3.63) is 66.0 Å². The van der Waals surface area contributed by atoms with Crippen LogP contribution in [0.25, 0.3) is 0 Å². The highest BCUT2D eigenvalue weighted by Gasteiger charge is 2.26. The van der Waals surface area contributed by atoms with E-state index in [1.807, 2.05) is 53.4 Å². The third-order valence-electron chi connectivity index (χ3n) is 6.49. The van der Waals surface area contributed by atoms with Gasteiger partial charge in [0.15, 0.2) is 5.70 Å². The molecule has 0 bridgehead atoms. The minimum Gasteiger partial charge on any atom is -0.494 e. The summed E-state index contributed by atoms with van der Waals surface area (Å²) < 4.78 is 12.1. The molecule has 2 atom stereocenters. The van der Waals surface area contributed by atoms with Crippen LogP contribution in [0, 0.1) is 5.92 Å². The van der Waals surface area contributed by atoms with Crippen molar-refractivity contribution in [2.45, 2.75) is 71.8 Å². The molecule has 2 aromatic carbocycles. The molecule has 0 amide bonds. The smallest absolute Gasteiger partial charge is 0.356 e. The van der Waals surface area contributed by atoms with Crippen LogP contribution in [0.3, 0.4) is 0 Å².